The van der Waals surface area contributed by atoms with E-state index in [1.54, 1.807) is 0 Å². The first-order valence-corrected chi connectivity index (χ1v) is 6.95. The van der Waals surface area contributed by atoms with Crippen LogP contribution in [0.25, 0.3) is 0 Å². The highest BCUT2D eigenvalue weighted by Gasteiger charge is 2.07. The number of hydrogen-bond acceptors (Lipinski definition) is 5. The standard InChI is InChI=1S/C13H14N4O2S/c1-8-3-4-10(9(2)5-8)15-12(19)7-20-13-16-11(18)6-14-17-13/h3-6H,7H2,1-2H3,(H,15,19)(H,16,17,18). The molecule has 20 heavy (non-hydrogen) atoms. The van der Waals surface area contributed by atoms with Crippen LogP contribution < -0.4 is 10.9 Å². The largest absolute Gasteiger partial charge is 0.325 e. The highest BCUT2D eigenvalue weighted by atomic mass is 32.2. The molecule has 0 spiro atoms. The summed E-state index contributed by atoms with van der Waals surface area (Å²) >= 11 is 1.13. The number of amides is 1. The Labute approximate surface area is 120 Å². The molecule has 0 saturated heterocycles. The Hall–Kier alpha value is -2.15. The van der Waals surface area contributed by atoms with Crippen molar-refractivity contribution in [2.45, 2.75) is 19.0 Å². The monoisotopic (exact) mass is 290 g/mol. The van der Waals surface area contributed by atoms with Crippen LogP contribution >= 0.6 is 11.8 Å². The molecule has 0 saturated carbocycles. The van der Waals surface area contributed by atoms with Crippen molar-refractivity contribution in [1.29, 1.82) is 0 Å². The van der Waals surface area contributed by atoms with E-state index in [-0.39, 0.29) is 17.2 Å². The minimum atomic E-state index is -0.336. The van der Waals surface area contributed by atoms with Crippen molar-refractivity contribution in [2.75, 3.05) is 11.1 Å². The molecule has 2 rings (SSSR count). The molecule has 0 aliphatic heterocycles. The molecule has 6 nitrogen and oxygen atoms in total. The second kappa shape index (κ2) is 6.33. The number of aryl methyl sites for hydroxylation is 2. The van der Waals surface area contributed by atoms with E-state index in [9.17, 15) is 9.59 Å². The first-order chi connectivity index (χ1) is 9.54. The van der Waals surface area contributed by atoms with Crippen LogP contribution in [0.1, 0.15) is 11.1 Å². The van der Waals surface area contributed by atoms with Gasteiger partial charge in [-0.25, -0.2) is 0 Å². The van der Waals surface area contributed by atoms with Crippen molar-refractivity contribution >= 4 is 23.4 Å². The fourth-order valence-electron chi connectivity index (χ4n) is 1.64. The summed E-state index contributed by atoms with van der Waals surface area (Å²) in [6.45, 7) is 3.94. The molecular weight excluding hydrogens is 276 g/mol. The average molecular weight is 290 g/mol. The maximum Gasteiger partial charge on any atom is 0.270 e. The van der Waals surface area contributed by atoms with Crippen LogP contribution in [0.3, 0.4) is 0 Å². The summed E-state index contributed by atoms with van der Waals surface area (Å²) < 4.78 is 0. The number of H-pyrrole nitrogens is 1. The quantitative estimate of drug-likeness (QED) is 0.833. The van der Waals surface area contributed by atoms with Crippen LogP contribution in [-0.4, -0.2) is 26.8 Å². The van der Waals surface area contributed by atoms with E-state index in [4.69, 9.17) is 0 Å². The topological polar surface area (TPSA) is 87.7 Å². The van der Waals surface area contributed by atoms with E-state index in [0.29, 0.717) is 5.16 Å². The van der Waals surface area contributed by atoms with Gasteiger partial charge in [0.1, 0.15) is 6.20 Å². The fraction of sp³-hybridized carbons (Fsp3) is 0.231. The number of nitrogens with zero attached hydrogens (tertiary/aromatic N) is 2. The molecule has 1 amide bonds. The summed E-state index contributed by atoms with van der Waals surface area (Å²) in [6, 6.07) is 5.82. The Morgan fingerprint density at radius 3 is 2.90 bits per heavy atom. The smallest absolute Gasteiger partial charge is 0.270 e. The molecule has 0 radical (unpaired) electrons. The van der Waals surface area contributed by atoms with Gasteiger partial charge in [-0.3, -0.25) is 14.6 Å². The van der Waals surface area contributed by atoms with E-state index >= 15 is 0 Å². The zero-order valence-electron chi connectivity index (χ0n) is 11.1. The van der Waals surface area contributed by atoms with Gasteiger partial charge in [-0.2, -0.15) is 5.10 Å². The summed E-state index contributed by atoms with van der Waals surface area (Å²) in [5.41, 5.74) is 2.61. The molecule has 0 atom stereocenters. The first kappa shape index (κ1) is 14.3. The minimum absolute atomic E-state index is 0.155. The number of carbonyl (C=O) groups excluding carboxylic acids is 1. The lowest BCUT2D eigenvalue weighted by Crippen LogP contribution is -2.16. The molecule has 1 aromatic heterocycles. The molecule has 0 fully saturated rings. The molecular formula is C13H14N4O2S. The van der Waals surface area contributed by atoms with Gasteiger partial charge >= 0.3 is 0 Å². The van der Waals surface area contributed by atoms with Gasteiger partial charge in [0.25, 0.3) is 5.56 Å². The van der Waals surface area contributed by atoms with Crippen molar-refractivity contribution in [3.05, 3.63) is 45.9 Å². The predicted octanol–water partition coefficient (Wildman–Crippen LogP) is 1.51. The van der Waals surface area contributed by atoms with Crippen molar-refractivity contribution in [2.24, 2.45) is 0 Å². The Morgan fingerprint density at radius 2 is 2.20 bits per heavy atom. The van der Waals surface area contributed by atoms with Crippen molar-refractivity contribution in [3.63, 3.8) is 0 Å². The number of thioether (sulfide) groups is 1. The number of benzene rings is 1. The maximum absolute atomic E-state index is 11.8. The van der Waals surface area contributed by atoms with Crippen LogP contribution in [0.15, 0.2) is 34.3 Å². The minimum Gasteiger partial charge on any atom is -0.325 e. The molecule has 0 aliphatic carbocycles. The molecule has 0 unspecified atom stereocenters. The number of rotatable bonds is 4. The molecule has 2 aromatic rings. The lowest BCUT2D eigenvalue weighted by atomic mass is 10.1. The summed E-state index contributed by atoms with van der Waals surface area (Å²) in [5, 5.41) is 10.4. The number of anilines is 1. The second-order valence-corrected chi connectivity index (χ2v) is 5.26. The van der Waals surface area contributed by atoms with Crippen molar-refractivity contribution in [3.8, 4) is 0 Å². The number of aromatic amines is 1. The van der Waals surface area contributed by atoms with Gasteiger partial charge in [-0.1, -0.05) is 29.5 Å². The fourth-order valence-corrected chi connectivity index (χ4v) is 2.25. The second-order valence-electron chi connectivity index (χ2n) is 4.29. The lowest BCUT2D eigenvalue weighted by molar-refractivity contribution is -0.113. The maximum atomic E-state index is 11.8. The van der Waals surface area contributed by atoms with E-state index in [1.165, 1.54) is 0 Å². The van der Waals surface area contributed by atoms with Crippen LogP contribution in [0.5, 0.6) is 0 Å². The Balaban J connectivity index is 1.94. The average Bonchev–Trinajstić information content (AvgIpc) is 2.40. The summed E-state index contributed by atoms with van der Waals surface area (Å²) in [5.74, 6) is -0.00413. The SMILES string of the molecule is Cc1ccc(NC(=O)CSc2nncc(=O)[nH]2)c(C)c1. The number of nitrogens with one attached hydrogen (secondary N) is 2. The molecule has 104 valence electrons. The zero-order chi connectivity index (χ0) is 14.5. The molecule has 1 aromatic carbocycles. The lowest BCUT2D eigenvalue weighted by Gasteiger charge is -2.08. The summed E-state index contributed by atoms with van der Waals surface area (Å²) in [7, 11) is 0. The highest BCUT2D eigenvalue weighted by Crippen LogP contribution is 2.17. The number of carbonyl (C=O) groups is 1. The third-order valence-corrected chi connectivity index (χ3v) is 3.41. The van der Waals surface area contributed by atoms with Crippen LogP contribution in [0.2, 0.25) is 0 Å². The van der Waals surface area contributed by atoms with Gasteiger partial charge in [-0.15, -0.1) is 5.10 Å². The van der Waals surface area contributed by atoms with Gasteiger partial charge in [0, 0.05) is 5.69 Å². The molecule has 0 aliphatic rings. The number of hydrogen-bond donors (Lipinski definition) is 2. The molecule has 2 N–H and O–H groups in total. The normalized spacial score (nSPS) is 10.3. The predicted molar refractivity (Wildman–Crippen MR) is 77.9 cm³/mol. The van der Waals surface area contributed by atoms with Crippen LogP contribution in [0.4, 0.5) is 5.69 Å². The highest BCUT2D eigenvalue weighted by molar-refractivity contribution is 7.99. The molecule has 1 heterocycles. The third kappa shape index (κ3) is 3.92. The van der Waals surface area contributed by atoms with Gasteiger partial charge in [0.2, 0.25) is 5.91 Å². The van der Waals surface area contributed by atoms with E-state index in [0.717, 1.165) is 34.8 Å². The third-order valence-electron chi connectivity index (χ3n) is 2.55. The van der Waals surface area contributed by atoms with Gasteiger partial charge in [0.15, 0.2) is 5.16 Å². The van der Waals surface area contributed by atoms with Crippen LogP contribution in [0, 0.1) is 13.8 Å². The Bertz CT molecular complexity index is 684. The first-order valence-electron chi connectivity index (χ1n) is 5.96. The Kier molecular flexibility index (Phi) is 4.52. The Morgan fingerprint density at radius 1 is 1.40 bits per heavy atom. The van der Waals surface area contributed by atoms with Gasteiger partial charge < -0.3 is 5.32 Å². The van der Waals surface area contributed by atoms with Crippen LogP contribution in [-0.2, 0) is 4.79 Å². The summed E-state index contributed by atoms with van der Waals surface area (Å²) in [4.78, 5) is 25.4. The van der Waals surface area contributed by atoms with Gasteiger partial charge in [-0.05, 0) is 25.5 Å². The number of aromatic nitrogens is 3. The van der Waals surface area contributed by atoms with E-state index in [2.05, 4.69) is 20.5 Å². The van der Waals surface area contributed by atoms with E-state index < -0.39 is 0 Å². The van der Waals surface area contributed by atoms with Crippen molar-refractivity contribution < 1.29 is 4.79 Å². The van der Waals surface area contributed by atoms with Crippen molar-refractivity contribution in [1.82, 2.24) is 15.2 Å². The molecule has 7 heteroatoms. The van der Waals surface area contributed by atoms with Gasteiger partial charge in [0.05, 0.1) is 5.75 Å². The zero-order valence-corrected chi connectivity index (χ0v) is 12.0. The van der Waals surface area contributed by atoms with E-state index in [1.807, 2.05) is 32.0 Å². The molecule has 0 bridgehead atoms. The summed E-state index contributed by atoms with van der Waals surface area (Å²) in [6.07, 6.45) is 1.08.